The third kappa shape index (κ3) is 4.68. The molecule has 2 aliphatic rings. The van der Waals surface area contributed by atoms with E-state index in [-0.39, 0.29) is 12.0 Å². The number of aliphatic hydroxyl groups is 1. The van der Waals surface area contributed by atoms with Gasteiger partial charge in [0.05, 0.1) is 22.9 Å². The number of aromatic nitrogens is 1. The monoisotopic (exact) mass is 495 g/mol. The highest BCUT2D eigenvalue weighted by Gasteiger charge is 2.30. The van der Waals surface area contributed by atoms with Crippen LogP contribution in [0.2, 0.25) is 5.02 Å². The fourth-order valence-corrected chi connectivity index (χ4v) is 5.25. The molecule has 1 amide bonds. The Morgan fingerprint density at radius 3 is 2.77 bits per heavy atom. The maximum Gasteiger partial charge on any atom is 0.419 e. The zero-order valence-electron chi connectivity index (χ0n) is 20.2. The van der Waals surface area contributed by atoms with Crippen molar-refractivity contribution in [2.45, 2.75) is 58.4 Å². The molecule has 2 N–H and O–H groups in total. The summed E-state index contributed by atoms with van der Waals surface area (Å²) in [5, 5.41) is 14.3. The molecule has 0 bridgehead atoms. The Balaban J connectivity index is 1.62. The van der Waals surface area contributed by atoms with E-state index in [2.05, 4.69) is 16.3 Å². The van der Waals surface area contributed by atoms with Crippen LogP contribution in [0, 0.1) is 0 Å². The van der Waals surface area contributed by atoms with E-state index in [0.717, 1.165) is 42.4 Å². The van der Waals surface area contributed by atoms with Crippen molar-refractivity contribution in [1.82, 2.24) is 14.8 Å². The highest BCUT2D eigenvalue weighted by Crippen LogP contribution is 2.37. The molecule has 3 heterocycles. The van der Waals surface area contributed by atoms with Gasteiger partial charge in [-0.25, -0.2) is 9.36 Å². The first-order chi connectivity index (χ1) is 16.6. The summed E-state index contributed by atoms with van der Waals surface area (Å²) < 4.78 is 7.29. The molecule has 2 aliphatic heterocycles. The fraction of sp³-hybridized carbons (Fsp3) is 0.407. The van der Waals surface area contributed by atoms with Crippen LogP contribution in [0.15, 0.2) is 36.4 Å². The summed E-state index contributed by atoms with van der Waals surface area (Å²) in [6.07, 6.45) is 1.03. The van der Waals surface area contributed by atoms with Crippen LogP contribution in [0.4, 0.5) is 4.79 Å². The van der Waals surface area contributed by atoms with Crippen LogP contribution < -0.4 is 5.32 Å². The van der Waals surface area contributed by atoms with E-state index < -0.39 is 11.7 Å². The van der Waals surface area contributed by atoms with Gasteiger partial charge in [-0.1, -0.05) is 23.7 Å². The number of carbonyl (C=O) groups is 2. The molecule has 0 radical (unpaired) electrons. The summed E-state index contributed by atoms with van der Waals surface area (Å²) in [6, 6.07) is 11.5. The summed E-state index contributed by atoms with van der Waals surface area (Å²) in [5.74, 6) is -0.206. The average molecular weight is 496 g/mol. The number of benzene rings is 2. The zero-order chi connectivity index (χ0) is 24.9. The topological polar surface area (TPSA) is 83.8 Å². The number of rotatable bonds is 3. The lowest BCUT2D eigenvalue weighted by molar-refractivity contribution is 0.0546. The highest BCUT2D eigenvalue weighted by molar-refractivity contribution is 6.32. The number of β-amino-alcohol motifs (C(OH)–C–C–N with tert-alkyl or cyclic N) is 1. The lowest BCUT2D eigenvalue weighted by Crippen LogP contribution is -2.37. The number of amides is 1. The van der Waals surface area contributed by atoms with Gasteiger partial charge >= 0.3 is 6.09 Å². The van der Waals surface area contributed by atoms with Crippen LogP contribution in [0.1, 0.15) is 55.1 Å². The molecule has 8 heteroatoms. The van der Waals surface area contributed by atoms with E-state index in [4.69, 9.17) is 16.3 Å². The Bertz CT molecular complexity index is 1320. The number of hydrogen-bond acceptors (Lipinski definition) is 5. The number of ether oxygens (including phenoxy) is 1. The number of fused-ring (bicyclic) bond motifs is 2. The van der Waals surface area contributed by atoms with E-state index in [1.165, 1.54) is 0 Å². The van der Waals surface area contributed by atoms with Gasteiger partial charge in [0.1, 0.15) is 5.60 Å². The number of piperidine rings is 1. The Kier molecular flexibility index (Phi) is 6.11. The first kappa shape index (κ1) is 23.9. The van der Waals surface area contributed by atoms with Gasteiger partial charge in [-0.05, 0) is 70.0 Å². The molecule has 0 aliphatic carbocycles. The predicted molar refractivity (Wildman–Crippen MR) is 136 cm³/mol. The lowest BCUT2D eigenvalue weighted by atomic mass is 10.00. The molecule has 7 nitrogen and oxygen atoms in total. The normalized spacial score (nSPS) is 18.5. The van der Waals surface area contributed by atoms with Gasteiger partial charge in [0, 0.05) is 41.2 Å². The Labute approximate surface area is 209 Å². The molecule has 1 saturated heterocycles. The first-order valence-corrected chi connectivity index (χ1v) is 12.4. The molecule has 1 unspecified atom stereocenters. The second-order valence-corrected chi connectivity index (χ2v) is 10.8. The predicted octanol–water partition coefficient (Wildman–Crippen LogP) is 4.95. The number of halogens is 1. The molecule has 5 rings (SSSR count). The first-order valence-electron chi connectivity index (χ1n) is 12.0. The standard InChI is InChI=1S/C27H30ClN3O4/c1-27(2,3)35-26(34)31-22-9-6-16(14-30-10-4-5-18(32)15-30)11-17(22)12-23(31)19-7-8-21(28)20-13-29-25(33)24(19)20/h6-9,11-12,18,32H,4-5,10,13-15H2,1-3H3,(H,29,33). The van der Waals surface area contributed by atoms with Crippen molar-refractivity contribution in [2.24, 2.45) is 0 Å². The van der Waals surface area contributed by atoms with E-state index >= 15 is 0 Å². The van der Waals surface area contributed by atoms with Crippen molar-refractivity contribution in [2.75, 3.05) is 13.1 Å². The Hall–Kier alpha value is -2.87. The van der Waals surface area contributed by atoms with Crippen LogP contribution in [-0.2, 0) is 17.8 Å². The minimum absolute atomic E-state index is 0.206. The summed E-state index contributed by atoms with van der Waals surface area (Å²) in [7, 11) is 0. The number of nitrogens with zero attached hydrogens (tertiary/aromatic N) is 2. The maximum atomic E-state index is 13.4. The van der Waals surface area contributed by atoms with Crippen molar-refractivity contribution < 1.29 is 19.4 Å². The Morgan fingerprint density at radius 1 is 1.23 bits per heavy atom. The molecule has 3 aromatic rings. The molecule has 1 aromatic heterocycles. The molecule has 0 spiro atoms. The highest BCUT2D eigenvalue weighted by atomic mass is 35.5. The SMILES string of the molecule is CC(C)(C)OC(=O)n1c(-c2ccc(Cl)c3c2C(=O)NC3)cc2cc(CN3CCCC(O)C3)ccc21. The van der Waals surface area contributed by atoms with Crippen molar-refractivity contribution in [3.8, 4) is 11.3 Å². The molecule has 35 heavy (non-hydrogen) atoms. The maximum absolute atomic E-state index is 13.4. The summed E-state index contributed by atoms with van der Waals surface area (Å²) >= 11 is 6.37. The number of likely N-dealkylation sites (tertiary alicyclic amines) is 1. The largest absolute Gasteiger partial charge is 0.443 e. The second kappa shape index (κ2) is 8.97. The molecular formula is C27H30ClN3O4. The lowest BCUT2D eigenvalue weighted by Gasteiger charge is -2.30. The second-order valence-electron chi connectivity index (χ2n) is 10.4. The number of carbonyl (C=O) groups excluding carboxylic acids is 2. The van der Waals surface area contributed by atoms with Crippen molar-refractivity contribution in [1.29, 1.82) is 0 Å². The average Bonchev–Trinajstić information content (AvgIpc) is 3.34. The third-order valence-electron chi connectivity index (χ3n) is 6.51. The van der Waals surface area contributed by atoms with Gasteiger partial charge in [-0.2, -0.15) is 0 Å². The Morgan fingerprint density at radius 2 is 2.03 bits per heavy atom. The van der Waals surface area contributed by atoms with E-state index in [0.29, 0.717) is 40.4 Å². The molecule has 0 saturated carbocycles. The summed E-state index contributed by atoms with van der Waals surface area (Å²) in [4.78, 5) is 28.4. The van der Waals surface area contributed by atoms with Gasteiger partial charge < -0.3 is 15.2 Å². The van der Waals surface area contributed by atoms with Gasteiger partial charge in [0.2, 0.25) is 0 Å². The van der Waals surface area contributed by atoms with E-state index in [1.54, 1.807) is 16.7 Å². The van der Waals surface area contributed by atoms with Crippen LogP contribution in [0.3, 0.4) is 0 Å². The third-order valence-corrected chi connectivity index (χ3v) is 6.87. The minimum atomic E-state index is -0.681. The molecule has 184 valence electrons. The van der Waals surface area contributed by atoms with E-state index in [9.17, 15) is 14.7 Å². The van der Waals surface area contributed by atoms with Gasteiger partial charge in [0.15, 0.2) is 0 Å². The smallest absolute Gasteiger partial charge is 0.419 e. The molecule has 1 atom stereocenters. The zero-order valence-corrected chi connectivity index (χ0v) is 21.0. The van der Waals surface area contributed by atoms with Crippen molar-refractivity contribution >= 4 is 34.5 Å². The summed E-state index contributed by atoms with van der Waals surface area (Å²) in [5.41, 5.74) is 3.58. The van der Waals surface area contributed by atoms with Crippen molar-refractivity contribution in [3.63, 3.8) is 0 Å². The quantitative estimate of drug-likeness (QED) is 0.537. The van der Waals surface area contributed by atoms with Crippen LogP contribution >= 0.6 is 11.6 Å². The van der Waals surface area contributed by atoms with Crippen molar-refractivity contribution in [3.05, 3.63) is 58.1 Å². The molecule has 2 aromatic carbocycles. The fourth-order valence-electron chi connectivity index (χ4n) is 5.02. The minimum Gasteiger partial charge on any atom is -0.443 e. The van der Waals surface area contributed by atoms with Crippen LogP contribution in [-0.4, -0.2) is 51.4 Å². The molecular weight excluding hydrogens is 466 g/mol. The van der Waals surface area contributed by atoms with E-state index in [1.807, 2.05) is 39.0 Å². The number of nitrogens with one attached hydrogen (secondary N) is 1. The van der Waals surface area contributed by atoms with Gasteiger partial charge in [-0.3, -0.25) is 9.69 Å². The number of aliphatic hydroxyl groups excluding tert-OH is 1. The summed E-state index contributed by atoms with van der Waals surface area (Å²) in [6.45, 7) is 8.18. The van der Waals surface area contributed by atoms with Crippen LogP contribution in [0.25, 0.3) is 22.2 Å². The molecule has 1 fully saturated rings. The van der Waals surface area contributed by atoms with Gasteiger partial charge in [-0.15, -0.1) is 0 Å². The number of hydrogen-bond donors (Lipinski definition) is 2. The van der Waals surface area contributed by atoms with Gasteiger partial charge in [0.25, 0.3) is 5.91 Å². The van der Waals surface area contributed by atoms with Crippen LogP contribution in [0.5, 0.6) is 0 Å².